The van der Waals surface area contributed by atoms with Crippen molar-refractivity contribution in [2.24, 2.45) is 0 Å². The normalized spacial score (nSPS) is 12.3. The van der Waals surface area contributed by atoms with E-state index in [9.17, 15) is 4.79 Å². The molecular weight excluding hydrogens is 298 g/mol. The molecule has 0 spiro atoms. The molecular formula is C12H12BrN3O2. The van der Waals surface area contributed by atoms with Crippen LogP contribution in [0.1, 0.15) is 11.9 Å². The number of carboxylic acids is 1. The molecule has 5 nitrogen and oxygen atoms in total. The zero-order valence-corrected chi connectivity index (χ0v) is 11.2. The van der Waals surface area contributed by atoms with Gasteiger partial charge in [0, 0.05) is 4.47 Å². The Morgan fingerprint density at radius 2 is 2.11 bits per heavy atom. The van der Waals surface area contributed by atoms with Crippen LogP contribution in [0.4, 0.5) is 0 Å². The first-order valence-corrected chi connectivity index (χ1v) is 6.12. The molecule has 1 unspecified atom stereocenters. The molecule has 0 radical (unpaired) electrons. The number of H-pyrrole nitrogens is 1. The van der Waals surface area contributed by atoms with E-state index in [2.05, 4.69) is 31.2 Å². The maximum Gasteiger partial charge on any atom is 0.328 e. The fourth-order valence-electron chi connectivity index (χ4n) is 1.64. The summed E-state index contributed by atoms with van der Waals surface area (Å²) in [4.78, 5) is 18.1. The first kappa shape index (κ1) is 12.8. The minimum Gasteiger partial charge on any atom is -0.480 e. The zero-order valence-electron chi connectivity index (χ0n) is 9.64. The van der Waals surface area contributed by atoms with Crippen molar-refractivity contribution in [3.8, 4) is 11.3 Å². The van der Waals surface area contributed by atoms with Crippen molar-refractivity contribution in [3.63, 3.8) is 0 Å². The van der Waals surface area contributed by atoms with Crippen LogP contribution in [0.25, 0.3) is 11.3 Å². The smallest absolute Gasteiger partial charge is 0.328 e. The van der Waals surface area contributed by atoms with E-state index in [0.29, 0.717) is 5.82 Å². The lowest BCUT2D eigenvalue weighted by Gasteiger charge is -2.07. The minimum atomic E-state index is -0.964. The summed E-state index contributed by atoms with van der Waals surface area (Å²) in [5.41, 5.74) is 1.75. The van der Waals surface area contributed by atoms with Gasteiger partial charge in [0.15, 0.2) is 6.04 Å². The van der Waals surface area contributed by atoms with Crippen molar-refractivity contribution in [1.29, 1.82) is 0 Å². The molecule has 0 saturated heterocycles. The number of hydrogen-bond acceptors (Lipinski definition) is 3. The number of imidazole rings is 1. The number of halogens is 1. The molecule has 6 heteroatoms. The molecule has 1 heterocycles. The van der Waals surface area contributed by atoms with Gasteiger partial charge in [-0.25, -0.2) is 4.98 Å². The molecule has 2 aromatic rings. The highest BCUT2D eigenvalue weighted by Gasteiger charge is 2.20. The Kier molecular flexibility index (Phi) is 3.78. The van der Waals surface area contributed by atoms with Crippen LogP contribution in [0.5, 0.6) is 0 Å². The average Bonchev–Trinajstić information content (AvgIpc) is 2.80. The van der Waals surface area contributed by atoms with Crippen LogP contribution in [0, 0.1) is 0 Å². The first-order valence-electron chi connectivity index (χ1n) is 5.32. The van der Waals surface area contributed by atoms with E-state index in [4.69, 9.17) is 5.11 Å². The Bertz CT molecular complexity index is 551. The lowest BCUT2D eigenvalue weighted by Crippen LogP contribution is -2.26. The van der Waals surface area contributed by atoms with Crippen LogP contribution in [0.2, 0.25) is 0 Å². The van der Waals surface area contributed by atoms with Gasteiger partial charge in [0.05, 0.1) is 11.9 Å². The van der Waals surface area contributed by atoms with Crippen molar-refractivity contribution in [1.82, 2.24) is 15.3 Å². The van der Waals surface area contributed by atoms with Gasteiger partial charge in [-0.2, -0.15) is 0 Å². The molecule has 94 valence electrons. The summed E-state index contributed by atoms with van der Waals surface area (Å²) in [7, 11) is 1.58. The SMILES string of the molecule is CNC(C(=O)O)c1ncc(-c2ccc(Br)cc2)[nH]1. The molecule has 0 aliphatic heterocycles. The van der Waals surface area contributed by atoms with Crippen LogP contribution < -0.4 is 5.32 Å². The standard InChI is InChI=1S/C12H12BrN3O2/c1-14-10(12(17)18)11-15-6-9(16-11)7-2-4-8(13)5-3-7/h2-6,10,14H,1H3,(H,15,16)(H,17,18). The minimum absolute atomic E-state index is 0.392. The van der Waals surface area contributed by atoms with E-state index in [1.54, 1.807) is 13.2 Å². The lowest BCUT2D eigenvalue weighted by atomic mass is 10.2. The van der Waals surface area contributed by atoms with Gasteiger partial charge in [0.25, 0.3) is 0 Å². The van der Waals surface area contributed by atoms with Crippen LogP contribution in [-0.4, -0.2) is 28.1 Å². The van der Waals surface area contributed by atoms with Gasteiger partial charge in [-0.3, -0.25) is 4.79 Å². The van der Waals surface area contributed by atoms with Crippen molar-refractivity contribution < 1.29 is 9.90 Å². The van der Waals surface area contributed by atoms with Crippen molar-refractivity contribution in [2.45, 2.75) is 6.04 Å². The average molecular weight is 310 g/mol. The quantitative estimate of drug-likeness (QED) is 0.809. The van der Waals surface area contributed by atoms with E-state index >= 15 is 0 Å². The van der Waals surface area contributed by atoms with E-state index < -0.39 is 12.0 Å². The molecule has 0 amide bonds. The van der Waals surface area contributed by atoms with Gasteiger partial charge in [-0.05, 0) is 24.7 Å². The third-order valence-electron chi connectivity index (χ3n) is 2.56. The summed E-state index contributed by atoms with van der Waals surface area (Å²) >= 11 is 3.36. The molecule has 2 rings (SSSR count). The van der Waals surface area contributed by atoms with Crippen molar-refractivity contribution in [3.05, 3.63) is 40.8 Å². The predicted molar refractivity (Wildman–Crippen MR) is 71.2 cm³/mol. The largest absolute Gasteiger partial charge is 0.480 e. The van der Waals surface area contributed by atoms with Crippen LogP contribution >= 0.6 is 15.9 Å². The van der Waals surface area contributed by atoms with E-state index in [1.165, 1.54) is 0 Å². The number of hydrogen-bond donors (Lipinski definition) is 3. The molecule has 0 aliphatic rings. The van der Waals surface area contributed by atoms with Gasteiger partial charge >= 0.3 is 5.97 Å². The summed E-state index contributed by atoms with van der Waals surface area (Å²) in [5.74, 6) is -0.572. The zero-order chi connectivity index (χ0) is 13.1. The van der Waals surface area contributed by atoms with Crippen LogP contribution in [0.15, 0.2) is 34.9 Å². The summed E-state index contributed by atoms with van der Waals surface area (Å²) in [6.07, 6.45) is 1.63. The molecule has 1 atom stereocenters. The Morgan fingerprint density at radius 1 is 1.44 bits per heavy atom. The number of likely N-dealkylation sites (N-methyl/N-ethyl adjacent to an activating group) is 1. The van der Waals surface area contributed by atoms with Gasteiger partial charge < -0.3 is 15.4 Å². The van der Waals surface area contributed by atoms with Gasteiger partial charge in [-0.1, -0.05) is 28.1 Å². The van der Waals surface area contributed by atoms with Gasteiger partial charge in [-0.15, -0.1) is 0 Å². The predicted octanol–water partition coefficient (Wildman–Crippen LogP) is 2.18. The van der Waals surface area contributed by atoms with Crippen molar-refractivity contribution >= 4 is 21.9 Å². The molecule has 0 bridgehead atoms. The molecule has 1 aromatic heterocycles. The van der Waals surface area contributed by atoms with Crippen LogP contribution in [0.3, 0.4) is 0 Å². The van der Waals surface area contributed by atoms with E-state index in [-0.39, 0.29) is 0 Å². The highest BCUT2D eigenvalue weighted by Crippen LogP contribution is 2.21. The number of carboxylic acid groups (broad SMARTS) is 1. The summed E-state index contributed by atoms with van der Waals surface area (Å²) in [5, 5.41) is 11.7. The van der Waals surface area contributed by atoms with Gasteiger partial charge in [0.1, 0.15) is 5.82 Å². The Hall–Kier alpha value is -1.66. The number of carbonyl (C=O) groups is 1. The Labute approximate surface area is 112 Å². The molecule has 1 aromatic carbocycles. The highest BCUT2D eigenvalue weighted by atomic mass is 79.9. The topological polar surface area (TPSA) is 78.0 Å². The molecule has 0 saturated carbocycles. The summed E-state index contributed by atoms with van der Waals surface area (Å²) < 4.78 is 0.990. The van der Waals surface area contributed by atoms with Crippen molar-refractivity contribution in [2.75, 3.05) is 7.05 Å². The number of nitrogens with one attached hydrogen (secondary N) is 2. The summed E-state index contributed by atoms with van der Waals surface area (Å²) in [6, 6.07) is 6.87. The monoisotopic (exact) mass is 309 g/mol. The molecule has 0 aliphatic carbocycles. The Balaban J connectivity index is 2.30. The number of rotatable bonds is 4. The van der Waals surface area contributed by atoms with Crippen LogP contribution in [-0.2, 0) is 4.79 Å². The molecule has 3 N–H and O–H groups in total. The van der Waals surface area contributed by atoms with E-state index in [1.807, 2.05) is 24.3 Å². The Morgan fingerprint density at radius 3 is 2.67 bits per heavy atom. The third kappa shape index (κ3) is 2.60. The third-order valence-corrected chi connectivity index (χ3v) is 3.09. The van der Waals surface area contributed by atoms with Gasteiger partial charge in [0.2, 0.25) is 0 Å². The fraction of sp³-hybridized carbons (Fsp3) is 0.167. The number of aliphatic carboxylic acids is 1. The fourth-order valence-corrected chi connectivity index (χ4v) is 1.90. The summed E-state index contributed by atoms with van der Waals surface area (Å²) in [6.45, 7) is 0. The highest BCUT2D eigenvalue weighted by molar-refractivity contribution is 9.10. The lowest BCUT2D eigenvalue weighted by molar-refractivity contribution is -0.139. The number of benzene rings is 1. The number of nitrogens with zero attached hydrogens (tertiary/aromatic N) is 1. The maximum atomic E-state index is 11.0. The molecule has 0 fully saturated rings. The second-order valence-electron chi connectivity index (χ2n) is 3.75. The number of aromatic nitrogens is 2. The maximum absolute atomic E-state index is 11.0. The molecule has 18 heavy (non-hydrogen) atoms. The second-order valence-corrected chi connectivity index (χ2v) is 4.66. The second kappa shape index (κ2) is 5.32. The van der Waals surface area contributed by atoms with E-state index in [0.717, 1.165) is 15.7 Å². The number of aromatic amines is 1. The first-order chi connectivity index (χ1) is 8.61.